The average Bonchev–Trinajstić information content (AvgIpc) is 2.08. The van der Waals surface area contributed by atoms with Crippen molar-refractivity contribution in [3.63, 3.8) is 0 Å². The highest BCUT2D eigenvalue weighted by molar-refractivity contribution is 9.10. The predicted octanol–water partition coefficient (Wildman–Crippen LogP) is 2.36. The van der Waals surface area contributed by atoms with Gasteiger partial charge < -0.3 is 10.2 Å². The molecule has 90 valence electrons. The zero-order chi connectivity index (χ0) is 12.3. The third kappa shape index (κ3) is 4.51. The van der Waals surface area contributed by atoms with Crippen molar-refractivity contribution >= 4 is 15.9 Å². The molecular weight excluding hydrogens is 270 g/mol. The first-order valence-electron chi connectivity index (χ1n) is 5.16. The highest BCUT2D eigenvalue weighted by Gasteiger charge is 2.16. The number of aromatic hydroxyl groups is 1. The molecule has 0 aliphatic carbocycles. The van der Waals surface area contributed by atoms with Crippen LogP contribution in [-0.2, 0) is 6.54 Å². The number of phenols is 1. The molecule has 1 aromatic rings. The maximum absolute atomic E-state index is 9.68. The second-order valence-electron chi connectivity index (χ2n) is 4.76. The fourth-order valence-electron chi connectivity index (χ4n) is 1.69. The standard InChI is InChI=1S/C12H18BrNO2/c1-12(2,16)8-14(3)7-9-6-10(13)4-5-11(9)15/h4-6,15-16H,7-8H2,1-3H3. The van der Waals surface area contributed by atoms with Crippen molar-refractivity contribution < 1.29 is 10.2 Å². The van der Waals surface area contributed by atoms with E-state index in [-0.39, 0.29) is 5.75 Å². The van der Waals surface area contributed by atoms with Crippen LogP contribution in [0.4, 0.5) is 0 Å². The smallest absolute Gasteiger partial charge is 0.120 e. The average molecular weight is 288 g/mol. The highest BCUT2D eigenvalue weighted by Crippen LogP contribution is 2.23. The molecule has 0 saturated heterocycles. The Kier molecular flexibility index (Phi) is 4.35. The Morgan fingerprint density at radius 2 is 2.00 bits per heavy atom. The Labute approximate surface area is 105 Å². The zero-order valence-corrected chi connectivity index (χ0v) is 11.5. The largest absolute Gasteiger partial charge is 0.508 e. The molecule has 4 heteroatoms. The first kappa shape index (κ1) is 13.5. The molecule has 0 saturated carbocycles. The molecule has 1 rings (SSSR count). The second-order valence-corrected chi connectivity index (χ2v) is 5.67. The van der Waals surface area contributed by atoms with Crippen LogP contribution in [0.5, 0.6) is 5.75 Å². The number of hydrogen-bond acceptors (Lipinski definition) is 3. The monoisotopic (exact) mass is 287 g/mol. The maximum atomic E-state index is 9.68. The molecule has 0 aliphatic rings. The molecule has 0 spiro atoms. The third-order valence-corrected chi connectivity index (χ3v) is 2.63. The van der Waals surface area contributed by atoms with Gasteiger partial charge in [0.15, 0.2) is 0 Å². The number of hydrogen-bond donors (Lipinski definition) is 2. The lowest BCUT2D eigenvalue weighted by molar-refractivity contribution is 0.0422. The van der Waals surface area contributed by atoms with Crippen LogP contribution in [0.1, 0.15) is 19.4 Å². The van der Waals surface area contributed by atoms with E-state index in [0.29, 0.717) is 13.1 Å². The minimum atomic E-state index is -0.726. The summed E-state index contributed by atoms with van der Waals surface area (Å²) in [6, 6.07) is 5.35. The van der Waals surface area contributed by atoms with E-state index >= 15 is 0 Å². The van der Waals surface area contributed by atoms with Crippen molar-refractivity contribution in [2.45, 2.75) is 26.0 Å². The number of benzene rings is 1. The van der Waals surface area contributed by atoms with E-state index in [2.05, 4.69) is 15.9 Å². The van der Waals surface area contributed by atoms with Crippen LogP contribution >= 0.6 is 15.9 Å². The van der Waals surface area contributed by atoms with E-state index in [1.807, 2.05) is 18.0 Å². The van der Waals surface area contributed by atoms with Gasteiger partial charge in [-0.05, 0) is 39.1 Å². The summed E-state index contributed by atoms with van der Waals surface area (Å²) in [5.41, 5.74) is 0.122. The summed E-state index contributed by atoms with van der Waals surface area (Å²) >= 11 is 3.37. The molecular formula is C12H18BrNO2. The lowest BCUT2D eigenvalue weighted by Gasteiger charge is -2.25. The van der Waals surface area contributed by atoms with Gasteiger partial charge in [-0.1, -0.05) is 15.9 Å². The van der Waals surface area contributed by atoms with Crippen LogP contribution in [0, 0.1) is 0 Å². The minimum absolute atomic E-state index is 0.283. The van der Waals surface area contributed by atoms with Gasteiger partial charge in [0.1, 0.15) is 5.75 Å². The van der Waals surface area contributed by atoms with Crippen molar-refractivity contribution in [2.75, 3.05) is 13.6 Å². The van der Waals surface area contributed by atoms with Crippen molar-refractivity contribution in [1.82, 2.24) is 4.90 Å². The van der Waals surface area contributed by atoms with Gasteiger partial charge in [0.2, 0.25) is 0 Å². The molecule has 1 aromatic carbocycles. The quantitative estimate of drug-likeness (QED) is 0.894. The van der Waals surface area contributed by atoms with E-state index < -0.39 is 5.60 Å². The lowest BCUT2D eigenvalue weighted by atomic mass is 10.1. The molecule has 0 amide bonds. The van der Waals surface area contributed by atoms with Gasteiger partial charge in [-0.3, -0.25) is 4.90 Å². The molecule has 0 unspecified atom stereocenters. The number of aliphatic hydroxyl groups is 1. The van der Waals surface area contributed by atoms with Gasteiger partial charge >= 0.3 is 0 Å². The summed E-state index contributed by atoms with van der Waals surface area (Å²) in [4.78, 5) is 1.97. The van der Waals surface area contributed by atoms with Crippen LogP contribution in [0.2, 0.25) is 0 Å². The van der Waals surface area contributed by atoms with E-state index in [4.69, 9.17) is 0 Å². The normalized spacial score (nSPS) is 12.1. The SMILES string of the molecule is CN(Cc1cc(Br)ccc1O)CC(C)(C)O. The summed E-state index contributed by atoms with van der Waals surface area (Å²) in [5.74, 6) is 0.283. The minimum Gasteiger partial charge on any atom is -0.508 e. The first-order chi connectivity index (χ1) is 7.28. The van der Waals surface area contributed by atoms with Crippen molar-refractivity contribution in [1.29, 1.82) is 0 Å². The van der Waals surface area contributed by atoms with Gasteiger partial charge in [-0.25, -0.2) is 0 Å². The summed E-state index contributed by atoms with van der Waals surface area (Å²) in [6.45, 7) is 4.70. The molecule has 3 nitrogen and oxygen atoms in total. The van der Waals surface area contributed by atoms with E-state index in [1.54, 1.807) is 26.0 Å². The van der Waals surface area contributed by atoms with Gasteiger partial charge in [0.25, 0.3) is 0 Å². The van der Waals surface area contributed by atoms with E-state index in [9.17, 15) is 10.2 Å². The second kappa shape index (κ2) is 5.17. The number of likely N-dealkylation sites (N-methyl/N-ethyl adjacent to an activating group) is 1. The van der Waals surface area contributed by atoms with Crippen molar-refractivity contribution in [3.8, 4) is 5.75 Å². The Morgan fingerprint density at radius 1 is 1.38 bits per heavy atom. The summed E-state index contributed by atoms with van der Waals surface area (Å²) < 4.78 is 0.942. The third-order valence-electron chi connectivity index (χ3n) is 2.14. The first-order valence-corrected chi connectivity index (χ1v) is 5.95. The predicted molar refractivity (Wildman–Crippen MR) is 68.4 cm³/mol. The zero-order valence-electron chi connectivity index (χ0n) is 9.87. The van der Waals surface area contributed by atoms with E-state index in [1.165, 1.54) is 0 Å². The van der Waals surface area contributed by atoms with Gasteiger partial charge in [-0.2, -0.15) is 0 Å². The van der Waals surface area contributed by atoms with Gasteiger partial charge in [-0.15, -0.1) is 0 Å². The summed E-state index contributed by atoms with van der Waals surface area (Å²) in [5, 5.41) is 19.3. The van der Waals surface area contributed by atoms with Crippen LogP contribution < -0.4 is 0 Å². The van der Waals surface area contributed by atoms with E-state index in [0.717, 1.165) is 10.0 Å². The molecule has 0 radical (unpaired) electrons. The maximum Gasteiger partial charge on any atom is 0.120 e. The van der Waals surface area contributed by atoms with Crippen molar-refractivity contribution in [3.05, 3.63) is 28.2 Å². The molecule has 2 N–H and O–H groups in total. The summed E-state index contributed by atoms with van der Waals surface area (Å²) in [7, 11) is 1.91. The molecule has 0 bridgehead atoms. The van der Waals surface area contributed by atoms with Gasteiger partial charge in [0, 0.05) is 23.1 Å². The topological polar surface area (TPSA) is 43.7 Å². The van der Waals surface area contributed by atoms with Crippen LogP contribution in [0.15, 0.2) is 22.7 Å². The number of phenolic OH excluding ortho intramolecular Hbond substituents is 1. The Balaban J connectivity index is 2.69. The number of nitrogens with zero attached hydrogens (tertiary/aromatic N) is 1. The molecule has 0 atom stereocenters. The number of halogens is 1. The van der Waals surface area contributed by atoms with Gasteiger partial charge in [0.05, 0.1) is 5.60 Å². The molecule has 0 aliphatic heterocycles. The fourth-order valence-corrected chi connectivity index (χ4v) is 2.10. The summed E-state index contributed by atoms with van der Waals surface area (Å²) in [6.07, 6.45) is 0. The fraction of sp³-hybridized carbons (Fsp3) is 0.500. The van der Waals surface area contributed by atoms with Crippen LogP contribution in [0.25, 0.3) is 0 Å². The molecule has 16 heavy (non-hydrogen) atoms. The van der Waals surface area contributed by atoms with Crippen LogP contribution in [-0.4, -0.2) is 34.3 Å². The van der Waals surface area contributed by atoms with Crippen LogP contribution in [0.3, 0.4) is 0 Å². The highest BCUT2D eigenvalue weighted by atomic mass is 79.9. The lowest BCUT2D eigenvalue weighted by Crippen LogP contribution is -2.35. The molecule has 0 fully saturated rings. The Hall–Kier alpha value is -0.580. The molecule has 0 heterocycles. The Bertz CT molecular complexity index is 361. The van der Waals surface area contributed by atoms with Crippen molar-refractivity contribution in [2.24, 2.45) is 0 Å². The Morgan fingerprint density at radius 3 is 2.56 bits per heavy atom. The number of rotatable bonds is 4. The molecule has 0 aromatic heterocycles.